The highest BCUT2D eigenvalue weighted by atomic mass is 32.2. The molecule has 0 saturated carbocycles. The number of rotatable bonds is 2. The minimum Gasteiger partial charge on any atom is -0.481 e. The van der Waals surface area contributed by atoms with Gasteiger partial charge in [-0.2, -0.15) is 11.8 Å². The van der Waals surface area contributed by atoms with Crippen LogP contribution in [0.25, 0.3) is 0 Å². The number of aryl methyl sites for hydroxylation is 1. The van der Waals surface area contributed by atoms with Crippen LogP contribution in [0.2, 0.25) is 0 Å². The number of hydrogen-bond donors (Lipinski definition) is 1. The Balaban J connectivity index is 1.84. The van der Waals surface area contributed by atoms with E-state index in [1.165, 1.54) is 34.9 Å². The number of hydrogen-bond acceptors (Lipinski definition) is 4. The Bertz CT molecular complexity index is 438. The Labute approximate surface area is 109 Å². The summed E-state index contributed by atoms with van der Waals surface area (Å²) < 4.78 is 0. The van der Waals surface area contributed by atoms with E-state index in [1.807, 2.05) is 11.8 Å². The molecule has 92 valence electrons. The van der Waals surface area contributed by atoms with Gasteiger partial charge in [-0.1, -0.05) is 6.42 Å². The molecule has 2 heterocycles. The quantitative estimate of drug-likeness (QED) is 0.895. The molecule has 0 amide bonds. The van der Waals surface area contributed by atoms with E-state index in [2.05, 4.69) is 4.98 Å². The number of carboxylic acids is 1. The highest BCUT2D eigenvalue weighted by Crippen LogP contribution is 2.44. The van der Waals surface area contributed by atoms with E-state index in [0.717, 1.165) is 18.5 Å². The highest BCUT2D eigenvalue weighted by molar-refractivity contribution is 7.99. The van der Waals surface area contributed by atoms with Crippen LogP contribution in [-0.2, 0) is 11.2 Å². The Kier molecular flexibility index (Phi) is 3.13. The molecule has 17 heavy (non-hydrogen) atoms. The van der Waals surface area contributed by atoms with E-state index in [-0.39, 0.29) is 5.92 Å². The van der Waals surface area contributed by atoms with Crippen molar-refractivity contribution in [2.75, 3.05) is 5.75 Å². The van der Waals surface area contributed by atoms with Gasteiger partial charge in [-0.3, -0.25) is 4.79 Å². The van der Waals surface area contributed by atoms with Crippen LogP contribution in [-0.4, -0.2) is 21.8 Å². The van der Waals surface area contributed by atoms with E-state index in [1.54, 1.807) is 11.3 Å². The van der Waals surface area contributed by atoms with E-state index in [0.29, 0.717) is 5.25 Å². The molecular weight excluding hydrogens is 254 g/mol. The van der Waals surface area contributed by atoms with Crippen LogP contribution in [0, 0.1) is 0 Å². The molecule has 0 bridgehead atoms. The normalized spacial score (nSPS) is 28.0. The van der Waals surface area contributed by atoms with Crippen LogP contribution in [0.15, 0.2) is 0 Å². The summed E-state index contributed by atoms with van der Waals surface area (Å²) >= 11 is 3.74. The van der Waals surface area contributed by atoms with Crippen LogP contribution in [0.1, 0.15) is 52.4 Å². The first-order chi connectivity index (χ1) is 8.25. The van der Waals surface area contributed by atoms with Gasteiger partial charge in [-0.15, -0.1) is 11.3 Å². The molecule has 2 unspecified atom stereocenters. The van der Waals surface area contributed by atoms with Gasteiger partial charge in [0.25, 0.3) is 0 Å². The molecule has 1 aromatic heterocycles. The van der Waals surface area contributed by atoms with Crippen molar-refractivity contribution in [3.63, 3.8) is 0 Å². The van der Waals surface area contributed by atoms with Crippen molar-refractivity contribution >= 4 is 29.1 Å². The summed E-state index contributed by atoms with van der Waals surface area (Å²) in [7, 11) is 0. The third-order valence-corrected chi connectivity index (χ3v) is 6.27. The van der Waals surface area contributed by atoms with Gasteiger partial charge >= 0.3 is 5.97 Å². The van der Waals surface area contributed by atoms with Crippen LogP contribution < -0.4 is 0 Å². The van der Waals surface area contributed by atoms with Gasteiger partial charge in [-0.25, -0.2) is 4.98 Å². The number of aromatic nitrogens is 1. The van der Waals surface area contributed by atoms with Crippen LogP contribution in [0.3, 0.4) is 0 Å². The maximum absolute atomic E-state index is 11.1. The average molecular weight is 269 g/mol. The summed E-state index contributed by atoms with van der Waals surface area (Å²) in [5.74, 6) is 0.164. The van der Waals surface area contributed by atoms with Gasteiger partial charge in [0.15, 0.2) is 0 Å². The molecule has 5 heteroatoms. The number of carboxylic acid groups (broad SMARTS) is 1. The summed E-state index contributed by atoms with van der Waals surface area (Å²) in [6.45, 7) is 0. The minimum absolute atomic E-state index is 0.344. The Morgan fingerprint density at radius 3 is 2.94 bits per heavy atom. The molecule has 1 aliphatic heterocycles. The lowest BCUT2D eigenvalue weighted by molar-refractivity contribution is -0.138. The lowest BCUT2D eigenvalue weighted by Gasteiger charge is -2.18. The highest BCUT2D eigenvalue weighted by Gasteiger charge is 2.33. The van der Waals surface area contributed by atoms with Gasteiger partial charge < -0.3 is 5.11 Å². The van der Waals surface area contributed by atoms with Gasteiger partial charge in [0.1, 0.15) is 10.9 Å². The molecule has 1 aliphatic carbocycles. The second-order valence-corrected chi connectivity index (χ2v) is 7.07. The molecule has 0 aromatic carbocycles. The van der Waals surface area contributed by atoms with Crippen molar-refractivity contribution in [2.45, 2.75) is 43.3 Å². The summed E-state index contributed by atoms with van der Waals surface area (Å²) in [6.07, 6.45) is 5.44. The van der Waals surface area contributed by atoms with Crippen molar-refractivity contribution in [3.8, 4) is 0 Å². The summed E-state index contributed by atoms with van der Waals surface area (Å²) in [4.78, 5) is 17.0. The Hall–Kier alpha value is -0.550. The number of thioether (sulfide) groups is 1. The summed E-state index contributed by atoms with van der Waals surface area (Å²) in [6, 6.07) is 0. The third-order valence-electron chi connectivity index (χ3n) is 3.49. The van der Waals surface area contributed by atoms with Gasteiger partial charge in [-0.05, 0) is 31.4 Å². The second-order valence-electron chi connectivity index (χ2n) is 4.65. The molecule has 0 spiro atoms. The van der Waals surface area contributed by atoms with Crippen molar-refractivity contribution in [2.24, 2.45) is 0 Å². The monoisotopic (exact) mass is 269 g/mol. The molecule has 1 saturated heterocycles. The van der Waals surface area contributed by atoms with Gasteiger partial charge in [0.2, 0.25) is 0 Å². The van der Waals surface area contributed by atoms with E-state index < -0.39 is 5.97 Å². The molecule has 2 atom stereocenters. The Morgan fingerprint density at radius 2 is 2.24 bits per heavy atom. The van der Waals surface area contributed by atoms with Crippen LogP contribution in [0.4, 0.5) is 0 Å². The zero-order valence-electron chi connectivity index (χ0n) is 9.52. The number of nitrogens with zero attached hydrogens (tertiary/aromatic N) is 1. The molecule has 1 fully saturated rings. The lowest BCUT2D eigenvalue weighted by Crippen LogP contribution is -2.09. The minimum atomic E-state index is -0.711. The van der Waals surface area contributed by atoms with E-state index >= 15 is 0 Å². The molecule has 0 radical (unpaired) electrons. The van der Waals surface area contributed by atoms with Crippen LogP contribution in [0.5, 0.6) is 0 Å². The van der Waals surface area contributed by atoms with Crippen molar-refractivity contribution < 1.29 is 9.90 Å². The van der Waals surface area contributed by atoms with Crippen molar-refractivity contribution in [3.05, 3.63) is 15.6 Å². The van der Waals surface area contributed by atoms with E-state index in [4.69, 9.17) is 5.11 Å². The molecule has 1 aromatic rings. The van der Waals surface area contributed by atoms with Crippen molar-refractivity contribution in [1.29, 1.82) is 0 Å². The summed E-state index contributed by atoms with van der Waals surface area (Å²) in [5.41, 5.74) is 0.865. The first-order valence-corrected chi connectivity index (χ1v) is 7.96. The fourth-order valence-corrected chi connectivity index (χ4v) is 5.25. The maximum atomic E-state index is 11.1. The lowest BCUT2D eigenvalue weighted by atomic mass is 10.1. The fourth-order valence-electron chi connectivity index (χ4n) is 2.56. The maximum Gasteiger partial charge on any atom is 0.312 e. The third kappa shape index (κ3) is 2.10. The zero-order chi connectivity index (χ0) is 11.8. The largest absolute Gasteiger partial charge is 0.481 e. The van der Waals surface area contributed by atoms with E-state index in [9.17, 15) is 4.79 Å². The topological polar surface area (TPSA) is 50.2 Å². The second kappa shape index (κ2) is 4.61. The molecule has 3 rings (SSSR count). The predicted octanol–water partition coefficient (Wildman–Crippen LogP) is 3.22. The van der Waals surface area contributed by atoms with Gasteiger partial charge in [0, 0.05) is 4.88 Å². The number of carbonyl (C=O) groups is 1. The van der Waals surface area contributed by atoms with Crippen molar-refractivity contribution in [1.82, 2.24) is 4.98 Å². The van der Waals surface area contributed by atoms with Crippen LogP contribution >= 0.6 is 23.1 Å². The van der Waals surface area contributed by atoms with Gasteiger partial charge in [0.05, 0.1) is 10.9 Å². The molecule has 3 nitrogen and oxygen atoms in total. The smallest absolute Gasteiger partial charge is 0.312 e. The zero-order valence-corrected chi connectivity index (χ0v) is 11.1. The standard InChI is InChI=1S/C12H15NO2S2/c14-12(15)7-4-5-8-10(7)13-11(17-8)9-3-1-2-6-16-9/h7,9H,1-6H2,(H,14,15). The molecule has 1 N–H and O–H groups in total. The fraction of sp³-hybridized carbons (Fsp3) is 0.667. The molecular formula is C12H15NO2S2. The summed E-state index contributed by atoms with van der Waals surface area (Å²) in [5, 5.41) is 10.8. The SMILES string of the molecule is O=C(O)C1CCc2sc(C3CCCCS3)nc21. The Morgan fingerprint density at radius 1 is 1.35 bits per heavy atom. The predicted molar refractivity (Wildman–Crippen MR) is 69.9 cm³/mol. The number of aliphatic carboxylic acids is 1. The first-order valence-electron chi connectivity index (χ1n) is 6.09. The number of fused-ring (bicyclic) bond motifs is 1. The average Bonchev–Trinajstić information content (AvgIpc) is 2.88. The number of thiazole rings is 1. The first kappa shape index (κ1) is 11.5. The molecule has 2 aliphatic rings.